The zero-order valence-electron chi connectivity index (χ0n) is 9.15. The van der Waals surface area contributed by atoms with Crippen molar-refractivity contribution in [2.24, 2.45) is 0 Å². The molecule has 0 aliphatic carbocycles. The molecule has 0 bridgehead atoms. The quantitative estimate of drug-likeness (QED) is 0.584. The number of rotatable bonds is 1. The van der Waals surface area contributed by atoms with Crippen molar-refractivity contribution in [3.05, 3.63) is 35.5 Å². The van der Waals surface area contributed by atoms with E-state index in [-0.39, 0.29) is 5.97 Å². The van der Waals surface area contributed by atoms with Crippen LogP contribution in [0.1, 0.15) is 16.1 Å². The van der Waals surface area contributed by atoms with Gasteiger partial charge in [-0.05, 0) is 25.1 Å². The number of nitrogen functional groups attached to an aromatic ring is 1. The fourth-order valence-corrected chi connectivity index (χ4v) is 1.60. The van der Waals surface area contributed by atoms with Crippen LogP contribution in [0.15, 0.2) is 24.3 Å². The van der Waals surface area contributed by atoms with Crippen molar-refractivity contribution in [2.75, 3.05) is 12.8 Å². The van der Waals surface area contributed by atoms with Gasteiger partial charge in [-0.25, -0.2) is 4.79 Å². The highest BCUT2D eigenvalue weighted by molar-refractivity contribution is 5.95. The molecule has 0 saturated heterocycles. The summed E-state index contributed by atoms with van der Waals surface area (Å²) in [5, 5.41) is 0.875. The first-order chi connectivity index (χ1) is 7.61. The van der Waals surface area contributed by atoms with Crippen LogP contribution < -0.4 is 5.73 Å². The summed E-state index contributed by atoms with van der Waals surface area (Å²) in [5.41, 5.74) is 8.24. The minimum absolute atomic E-state index is 0.372. The summed E-state index contributed by atoms with van der Waals surface area (Å²) in [6, 6.07) is 7.16. The number of esters is 1. The number of aromatic nitrogens is 1. The van der Waals surface area contributed by atoms with Crippen LogP contribution in [0.2, 0.25) is 0 Å². The number of hydrogen-bond acceptors (Lipinski definition) is 4. The molecule has 0 aliphatic heterocycles. The molecule has 1 heterocycles. The Labute approximate surface area is 93.0 Å². The number of nitrogens with two attached hydrogens (primary N) is 1. The first-order valence-corrected chi connectivity index (χ1v) is 4.87. The molecule has 82 valence electrons. The third-order valence-corrected chi connectivity index (χ3v) is 2.44. The molecule has 0 spiro atoms. The highest BCUT2D eigenvalue weighted by Crippen LogP contribution is 2.19. The van der Waals surface area contributed by atoms with Crippen molar-refractivity contribution in [1.82, 2.24) is 4.98 Å². The molecule has 0 unspecified atom stereocenters. The van der Waals surface area contributed by atoms with E-state index >= 15 is 0 Å². The van der Waals surface area contributed by atoms with E-state index in [4.69, 9.17) is 5.73 Å². The molecule has 2 aromatic rings. The first-order valence-electron chi connectivity index (χ1n) is 4.87. The number of methoxy groups -OCH3 is 1. The van der Waals surface area contributed by atoms with E-state index in [1.165, 1.54) is 7.11 Å². The summed E-state index contributed by atoms with van der Waals surface area (Å²) in [4.78, 5) is 15.8. The van der Waals surface area contributed by atoms with Gasteiger partial charge < -0.3 is 10.5 Å². The Bertz CT molecular complexity index is 564. The molecule has 16 heavy (non-hydrogen) atoms. The maximum Gasteiger partial charge on any atom is 0.339 e. The average molecular weight is 216 g/mol. The van der Waals surface area contributed by atoms with E-state index in [2.05, 4.69) is 9.72 Å². The van der Waals surface area contributed by atoms with E-state index in [1.807, 2.05) is 6.07 Å². The molecule has 0 saturated carbocycles. The molecule has 0 fully saturated rings. The predicted octanol–water partition coefficient (Wildman–Crippen LogP) is 1.91. The molecular formula is C12H12N2O2. The predicted molar refractivity (Wildman–Crippen MR) is 62.2 cm³/mol. The van der Waals surface area contributed by atoms with Gasteiger partial charge in [0.1, 0.15) is 0 Å². The Morgan fingerprint density at radius 2 is 2.12 bits per heavy atom. The number of carbonyl (C=O) groups is 1. The second-order valence-electron chi connectivity index (χ2n) is 3.57. The number of benzene rings is 1. The summed E-state index contributed by atoms with van der Waals surface area (Å²) in [6.07, 6.45) is 0. The number of hydrogen-bond donors (Lipinski definition) is 1. The Kier molecular flexibility index (Phi) is 2.48. The van der Waals surface area contributed by atoms with E-state index in [1.54, 1.807) is 25.1 Å². The van der Waals surface area contributed by atoms with Gasteiger partial charge in [-0.1, -0.05) is 6.07 Å². The molecule has 1 aromatic heterocycles. The second-order valence-corrected chi connectivity index (χ2v) is 3.57. The first kappa shape index (κ1) is 10.4. The highest BCUT2D eigenvalue weighted by Gasteiger charge is 2.11. The molecule has 4 heteroatoms. The van der Waals surface area contributed by atoms with Gasteiger partial charge in [-0.2, -0.15) is 0 Å². The normalized spacial score (nSPS) is 10.4. The topological polar surface area (TPSA) is 65.2 Å². The van der Waals surface area contributed by atoms with Crippen LogP contribution in [0, 0.1) is 6.92 Å². The maximum atomic E-state index is 11.5. The summed E-state index contributed by atoms with van der Waals surface area (Å²) < 4.78 is 4.69. The second kappa shape index (κ2) is 3.81. The number of anilines is 1. The lowest BCUT2D eigenvalue weighted by Crippen LogP contribution is -2.05. The largest absolute Gasteiger partial charge is 0.465 e. The van der Waals surface area contributed by atoms with Crippen LogP contribution in [-0.4, -0.2) is 18.1 Å². The lowest BCUT2D eigenvalue weighted by Gasteiger charge is -2.05. The molecule has 4 nitrogen and oxygen atoms in total. The van der Waals surface area contributed by atoms with Crippen molar-refractivity contribution in [2.45, 2.75) is 6.92 Å². The number of aryl methyl sites for hydroxylation is 1. The summed E-state index contributed by atoms with van der Waals surface area (Å²) >= 11 is 0. The zero-order chi connectivity index (χ0) is 11.7. The molecule has 1 aromatic carbocycles. The summed E-state index contributed by atoms with van der Waals surface area (Å²) in [5.74, 6) is -0.372. The zero-order valence-corrected chi connectivity index (χ0v) is 9.15. The average Bonchev–Trinajstić information content (AvgIpc) is 2.27. The fraction of sp³-hybridized carbons (Fsp3) is 0.167. The van der Waals surface area contributed by atoms with Gasteiger partial charge in [-0.15, -0.1) is 0 Å². The smallest absolute Gasteiger partial charge is 0.339 e. The third kappa shape index (κ3) is 1.69. The number of pyridine rings is 1. The van der Waals surface area contributed by atoms with Gasteiger partial charge in [0, 0.05) is 11.1 Å². The van der Waals surface area contributed by atoms with Gasteiger partial charge in [0.15, 0.2) is 0 Å². The van der Waals surface area contributed by atoms with Crippen LogP contribution in [0.4, 0.5) is 5.69 Å². The minimum Gasteiger partial charge on any atom is -0.465 e. The molecular weight excluding hydrogens is 204 g/mol. The summed E-state index contributed by atoms with van der Waals surface area (Å²) in [7, 11) is 1.36. The van der Waals surface area contributed by atoms with Gasteiger partial charge in [0.05, 0.1) is 23.9 Å². The Hall–Kier alpha value is -2.10. The number of carbonyl (C=O) groups excluding carboxylic acids is 1. The number of nitrogens with zero attached hydrogens (tertiary/aromatic N) is 1. The Morgan fingerprint density at radius 1 is 1.38 bits per heavy atom. The van der Waals surface area contributed by atoms with E-state index in [0.717, 1.165) is 10.9 Å². The monoisotopic (exact) mass is 216 g/mol. The molecule has 0 aliphatic rings. The van der Waals surface area contributed by atoms with Crippen LogP contribution in [0.25, 0.3) is 10.9 Å². The molecule has 2 N–H and O–H groups in total. The van der Waals surface area contributed by atoms with Crippen molar-refractivity contribution in [3.63, 3.8) is 0 Å². The third-order valence-electron chi connectivity index (χ3n) is 2.44. The molecule has 0 amide bonds. The van der Waals surface area contributed by atoms with Crippen molar-refractivity contribution in [1.29, 1.82) is 0 Å². The standard InChI is InChI=1S/C12H12N2O2/c1-7-10(12(15)16-2)5-8-3-4-9(13)6-11(8)14-7/h3-6H,13H2,1-2H3. The van der Waals surface area contributed by atoms with Crippen LogP contribution in [0.5, 0.6) is 0 Å². The summed E-state index contributed by atoms with van der Waals surface area (Å²) in [6.45, 7) is 1.77. The highest BCUT2D eigenvalue weighted by atomic mass is 16.5. The molecule has 2 rings (SSSR count). The van der Waals surface area contributed by atoms with E-state index in [9.17, 15) is 4.79 Å². The minimum atomic E-state index is -0.372. The fourth-order valence-electron chi connectivity index (χ4n) is 1.60. The lowest BCUT2D eigenvalue weighted by molar-refractivity contribution is 0.0599. The van der Waals surface area contributed by atoms with E-state index in [0.29, 0.717) is 16.9 Å². The Morgan fingerprint density at radius 3 is 2.81 bits per heavy atom. The number of fused-ring (bicyclic) bond motifs is 1. The van der Waals surface area contributed by atoms with Gasteiger partial charge >= 0.3 is 5.97 Å². The number of ether oxygens (including phenoxy) is 1. The van der Waals surface area contributed by atoms with Gasteiger partial charge in [0.25, 0.3) is 0 Å². The van der Waals surface area contributed by atoms with Crippen LogP contribution in [-0.2, 0) is 4.74 Å². The molecule has 0 atom stereocenters. The maximum absolute atomic E-state index is 11.5. The van der Waals surface area contributed by atoms with Crippen LogP contribution in [0.3, 0.4) is 0 Å². The van der Waals surface area contributed by atoms with Crippen molar-refractivity contribution < 1.29 is 9.53 Å². The van der Waals surface area contributed by atoms with Crippen LogP contribution >= 0.6 is 0 Å². The molecule has 0 radical (unpaired) electrons. The van der Waals surface area contributed by atoms with Crippen molar-refractivity contribution >= 4 is 22.6 Å². The van der Waals surface area contributed by atoms with Gasteiger partial charge in [0.2, 0.25) is 0 Å². The van der Waals surface area contributed by atoms with Gasteiger partial charge in [-0.3, -0.25) is 4.98 Å². The lowest BCUT2D eigenvalue weighted by atomic mass is 10.1. The SMILES string of the molecule is COC(=O)c1cc2ccc(N)cc2nc1C. The van der Waals surface area contributed by atoms with Crippen molar-refractivity contribution in [3.8, 4) is 0 Å². The van der Waals surface area contributed by atoms with E-state index < -0.39 is 0 Å². The Balaban J connectivity index is 2.67.